The van der Waals surface area contributed by atoms with E-state index in [-0.39, 0.29) is 11.7 Å². The molecule has 0 aromatic carbocycles. The van der Waals surface area contributed by atoms with Crippen LogP contribution in [0.1, 0.15) is 19.7 Å². The lowest BCUT2D eigenvalue weighted by molar-refractivity contribution is -0.136. The highest BCUT2D eigenvalue weighted by Crippen LogP contribution is 2.22. The summed E-state index contributed by atoms with van der Waals surface area (Å²) in [5.41, 5.74) is -0.163. The van der Waals surface area contributed by atoms with Crippen LogP contribution in [0, 0.1) is 6.92 Å². The van der Waals surface area contributed by atoms with Gasteiger partial charge in [-0.25, -0.2) is 4.98 Å². The highest BCUT2D eigenvalue weighted by molar-refractivity contribution is 5.32. The van der Waals surface area contributed by atoms with Crippen LogP contribution in [0.3, 0.4) is 0 Å². The number of rotatable bonds is 3. The lowest BCUT2D eigenvalue weighted by Gasteiger charge is -2.17. The van der Waals surface area contributed by atoms with Crippen molar-refractivity contribution >= 4 is 5.82 Å². The summed E-state index contributed by atoms with van der Waals surface area (Å²) < 4.78 is 11.1. The highest BCUT2D eigenvalue weighted by atomic mass is 16.7. The van der Waals surface area contributed by atoms with Crippen molar-refractivity contribution in [2.75, 3.05) is 18.5 Å². The summed E-state index contributed by atoms with van der Waals surface area (Å²) in [6, 6.07) is 1.42. The molecule has 2 N–H and O–H groups in total. The van der Waals surface area contributed by atoms with E-state index in [2.05, 4.69) is 15.3 Å². The van der Waals surface area contributed by atoms with E-state index >= 15 is 0 Å². The van der Waals surface area contributed by atoms with Gasteiger partial charge in [-0.1, -0.05) is 0 Å². The number of nitrogens with one attached hydrogen (secondary N) is 2. The summed E-state index contributed by atoms with van der Waals surface area (Å²) in [5.74, 6) is 0.618. The summed E-state index contributed by atoms with van der Waals surface area (Å²) in [7, 11) is 0. The third-order valence-electron chi connectivity index (χ3n) is 2.44. The van der Waals surface area contributed by atoms with Crippen LogP contribution in [-0.2, 0) is 9.47 Å². The van der Waals surface area contributed by atoms with Crippen molar-refractivity contribution in [3.05, 3.63) is 22.2 Å². The lowest BCUT2D eigenvalue weighted by atomic mass is 10.3. The monoisotopic (exact) mass is 239 g/mol. The average Bonchev–Trinajstić information content (AvgIpc) is 2.54. The van der Waals surface area contributed by atoms with Crippen molar-refractivity contribution in [2.45, 2.75) is 32.7 Å². The topological polar surface area (TPSA) is 76.2 Å². The lowest BCUT2D eigenvalue weighted by Crippen LogP contribution is -2.26. The van der Waals surface area contributed by atoms with E-state index in [1.165, 1.54) is 6.07 Å². The van der Waals surface area contributed by atoms with Gasteiger partial charge in [-0.3, -0.25) is 4.79 Å². The molecule has 0 bridgehead atoms. The first-order valence-corrected chi connectivity index (χ1v) is 5.58. The maximum absolute atomic E-state index is 11.2. The minimum atomic E-state index is -0.524. The molecular weight excluding hydrogens is 222 g/mol. The molecule has 1 saturated heterocycles. The number of nitrogens with zero attached hydrogens (tertiary/aromatic N) is 1. The number of aromatic amines is 1. The summed E-state index contributed by atoms with van der Waals surface area (Å²) in [6.07, 6.45) is -0.0219. The van der Waals surface area contributed by atoms with Gasteiger partial charge in [-0.05, 0) is 20.8 Å². The number of H-pyrrole nitrogens is 1. The third-order valence-corrected chi connectivity index (χ3v) is 2.44. The van der Waals surface area contributed by atoms with Crippen LogP contribution in [0.5, 0.6) is 0 Å². The van der Waals surface area contributed by atoms with Gasteiger partial charge < -0.3 is 19.8 Å². The molecule has 1 aromatic heterocycles. The fourth-order valence-corrected chi connectivity index (χ4v) is 1.75. The van der Waals surface area contributed by atoms with Crippen LogP contribution < -0.4 is 10.9 Å². The van der Waals surface area contributed by atoms with Crippen LogP contribution in [0.25, 0.3) is 0 Å². The average molecular weight is 239 g/mol. The Morgan fingerprint density at radius 3 is 3.00 bits per heavy atom. The normalized spacial score (nSPS) is 22.6. The van der Waals surface area contributed by atoms with Gasteiger partial charge in [0.15, 0.2) is 5.79 Å². The number of ether oxygens (including phenoxy) is 2. The zero-order chi connectivity index (χ0) is 12.5. The zero-order valence-corrected chi connectivity index (χ0v) is 10.2. The van der Waals surface area contributed by atoms with Gasteiger partial charge in [0, 0.05) is 12.6 Å². The molecule has 0 radical (unpaired) electrons. The zero-order valence-electron chi connectivity index (χ0n) is 10.2. The molecule has 2 heterocycles. The fourth-order valence-electron chi connectivity index (χ4n) is 1.75. The Labute approximate surface area is 99.4 Å². The Balaban J connectivity index is 1.92. The van der Waals surface area contributed by atoms with E-state index in [0.29, 0.717) is 24.8 Å². The van der Waals surface area contributed by atoms with E-state index in [1.807, 2.05) is 13.8 Å². The molecule has 1 unspecified atom stereocenters. The van der Waals surface area contributed by atoms with E-state index in [0.717, 1.165) is 0 Å². The van der Waals surface area contributed by atoms with Gasteiger partial charge in [0.1, 0.15) is 17.7 Å². The van der Waals surface area contributed by atoms with E-state index in [4.69, 9.17) is 9.47 Å². The highest BCUT2D eigenvalue weighted by Gasteiger charge is 2.32. The van der Waals surface area contributed by atoms with Crippen LogP contribution in [0.2, 0.25) is 0 Å². The molecule has 17 heavy (non-hydrogen) atoms. The molecule has 2 rings (SSSR count). The Morgan fingerprint density at radius 2 is 2.41 bits per heavy atom. The molecule has 1 aliphatic heterocycles. The molecule has 0 aliphatic carbocycles. The van der Waals surface area contributed by atoms with Crippen molar-refractivity contribution < 1.29 is 9.47 Å². The van der Waals surface area contributed by atoms with Gasteiger partial charge in [-0.2, -0.15) is 0 Å². The quantitative estimate of drug-likeness (QED) is 0.809. The number of hydrogen-bond acceptors (Lipinski definition) is 5. The van der Waals surface area contributed by atoms with Crippen LogP contribution in [-0.4, -0.2) is 35.0 Å². The minimum Gasteiger partial charge on any atom is -0.367 e. The predicted molar refractivity (Wildman–Crippen MR) is 63.0 cm³/mol. The molecule has 94 valence electrons. The molecule has 0 spiro atoms. The largest absolute Gasteiger partial charge is 0.367 e. The van der Waals surface area contributed by atoms with Gasteiger partial charge in [0.25, 0.3) is 5.56 Å². The smallest absolute Gasteiger partial charge is 0.252 e. The van der Waals surface area contributed by atoms with Crippen LogP contribution in [0.4, 0.5) is 5.82 Å². The summed E-state index contributed by atoms with van der Waals surface area (Å²) in [4.78, 5) is 18.0. The van der Waals surface area contributed by atoms with Gasteiger partial charge in [0.05, 0.1) is 6.61 Å². The second-order valence-corrected chi connectivity index (χ2v) is 4.55. The number of aromatic nitrogens is 2. The molecule has 1 fully saturated rings. The standard InChI is InChI=1S/C11H17N3O3/c1-7-13-9(4-10(15)14-7)12-5-8-6-16-11(2,3)17-8/h4,8H,5-6H2,1-3H3,(H2,12,13,14,15). The molecule has 0 amide bonds. The SMILES string of the molecule is Cc1nc(NCC2COC(C)(C)O2)cc(=O)[nH]1. The van der Waals surface area contributed by atoms with Crippen molar-refractivity contribution in [3.63, 3.8) is 0 Å². The second-order valence-electron chi connectivity index (χ2n) is 4.55. The van der Waals surface area contributed by atoms with Crippen LogP contribution >= 0.6 is 0 Å². The third kappa shape index (κ3) is 3.28. The Kier molecular flexibility index (Phi) is 3.17. The number of hydrogen-bond donors (Lipinski definition) is 2. The van der Waals surface area contributed by atoms with E-state index in [9.17, 15) is 4.79 Å². The first-order valence-electron chi connectivity index (χ1n) is 5.58. The van der Waals surface area contributed by atoms with Crippen molar-refractivity contribution in [1.29, 1.82) is 0 Å². The summed E-state index contributed by atoms with van der Waals surface area (Å²) in [6.45, 7) is 6.61. The fraction of sp³-hybridized carbons (Fsp3) is 0.636. The first kappa shape index (κ1) is 12.1. The molecule has 6 heteroatoms. The Bertz CT molecular complexity index is 456. The Morgan fingerprint density at radius 1 is 1.65 bits per heavy atom. The maximum atomic E-state index is 11.2. The van der Waals surface area contributed by atoms with Gasteiger partial charge >= 0.3 is 0 Å². The molecule has 0 saturated carbocycles. The number of anilines is 1. The second kappa shape index (κ2) is 4.46. The van der Waals surface area contributed by atoms with Crippen molar-refractivity contribution in [3.8, 4) is 0 Å². The first-order chi connectivity index (χ1) is 7.94. The minimum absolute atomic E-state index is 0.0219. The predicted octanol–water partition coefficient (Wildman–Crippen LogP) is 0.642. The summed E-state index contributed by atoms with van der Waals surface area (Å²) >= 11 is 0. The number of aryl methyl sites for hydroxylation is 1. The van der Waals surface area contributed by atoms with Crippen molar-refractivity contribution in [2.24, 2.45) is 0 Å². The summed E-state index contributed by atoms with van der Waals surface area (Å²) in [5, 5.41) is 3.07. The molecule has 1 atom stereocenters. The molecule has 6 nitrogen and oxygen atoms in total. The molecule has 1 aliphatic rings. The molecule has 1 aromatic rings. The van der Waals surface area contributed by atoms with Crippen LogP contribution in [0.15, 0.2) is 10.9 Å². The molecular formula is C11H17N3O3. The van der Waals surface area contributed by atoms with Gasteiger partial charge in [-0.15, -0.1) is 0 Å². The Hall–Kier alpha value is -1.40. The van der Waals surface area contributed by atoms with E-state index in [1.54, 1.807) is 6.92 Å². The van der Waals surface area contributed by atoms with E-state index < -0.39 is 5.79 Å². The maximum Gasteiger partial charge on any atom is 0.252 e. The van der Waals surface area contributed by atoms with Gasteiger partial charge in [0.2, 0.25) is 0 Å². The van der Waals surface area contributed by atoms with Crippen molar-refractivity contribution in [1.82, 2.24) is 9.97 Å².